The summed E-state index contributed by atoms with van der Waals surface area (Å²) in [5.74, 6) is 0.322. The van der Waals surface area contributed by atoms with Gasteiger partial charge in [-0.1, -0.05) is 0 Å². The predicted octanol–water partition coefficient (Wildman–Crippen LogP) is -0.962. The van der Waals surface area contributed by atoms with Crippen LogP contribution in [0.3, 0.4) is 0 Å². The van der Waals surface area contributed by atoms with E-state index in [0.717, 1.165) is 19.4 Å². The van der Waals surface area contributed by atoms with Gasteiger partial charge in [-0.25, -0.2) is 0 Å². The third-order valence-corrected chi connectivity index (χ3v) is 4.09. The first-order chi connectivity index (χ1) is 9.08. The summed E-state index contributed by atoms with van der Waals surface area (Å²) in [5, 5.41) is 12.5. The molecule has 1 atom stereocenters. The van der Waals surface area contributed by atoms with E-state index in [9.17, 15) is 14.7 Å². The average molecular weight is 269 g/mol. The Morgan fingerprint density at radius 2 is 2.11 bits per heavy atom. The summed E-state index contributed by atoms with van der Waals surface area (Å²) in [4.78, 5) is 27.2. The summed E-state index contributed by atoms with van der Waals surface area (Å²) >= 11 is 0. The lowest BCUT2D eigenvalue weighted by atomic mass is 9.92. The minimum Gasteiger partial charge on any atom is -0.393 e. The van der Waals surface area contributed by atoms with Crippen LogP contribution in [0.2, 0.25) is 0 Å². The SMILES string of the molecule is CC(O)C1CCN(C(=O)CN2CCNCC2=O)CC1. The number of carbonyl (C=O) groups excluding carboxylic acids is 2. The van der Waals surface area contributed by atoms with Gasteiger partial charge in [-0.05, 0) is 25.7 Å². The molecule has 6 heteroatoms. The molecule has 0 saturated carbocycles. The van der Waals surface area contributed by atoms with Crippen molar-refractivity contribution in [3.63, 3.8) is 0 Å². The highest BCUT2D eigenvalue weighted by Gasteiger charge is 2.27. The summed E-state index contributed by atoms with van der Waals surface area (Å²) < 4.78 is 0. The number of piperazine rings is 1. The van der Waals surface area contributed by atoms with Gasteiger partial charge in [-0.15, -0.1) is 0 Å². The van der Waals surface area contributed by atoms with Gasteiger partial charge < -0.3 is 20.2 Å². The van der Waals surface area contributed by atoms with Crippen molar-refractivity contribution in [1.29, 1.82) is 0 Å². The van der Waals surface area contributed by atoms with Gasteiger partial charge in [0.2, 0.25) is 11.8 Å². The molecule has 0 bridgehead atoms. The van der Waals surface area contributed by atoms with Gasteiger partial charge in [0, 0.05) is 26.2 Å². The Morgan fingerprint density at radius 3 is 2.68 bits per heavy atom. The molecular weight excluding hydrogens is 246 g/mol. The van der Waals surface area contributed by atoms with Crippen LogP contribution in [-0.4, -0.2) is 72.1 Å². The van der Waals surface area contributed by atoms with E-state index in [4.69, 9.17) is 0 Å². The van der Waals surface area contributed by atoms with Gasteiger partial charge in [-0.2, -0.15) is 0 Å². The Balaban J connectivity index is 1.79. The molecule has 0 aliphatic carbocycles. The minimum atomic E-state index is -0.299. The van der Waals surface area contributed by atoms with Crippen molar-refractivity contribution in [2.24, 2.45) is 5.92 Å². The highest BCUT2D eigenvalue weighted by Crippen LogP contribution is 2.20. The molecule has 0 aromatic rings. The van der Waals surface area contributed by atoms with Crippen LogP contribution >= 0.6 is 0 Å². The van der Waals surface area contributed by atoms with Crippen molar-refractivity contribution in [2.75, 3.05) is 39.3 Å². The van der Waals surface area contributed by atoms with Crippen LogP contribution in [0.15, 0.2) is 0 Å². The summed E-state index contributed by atoms with van der Waals surface area (Å²) in [6.45, 7) is 5.07. The quantitative estimate of drug-likeness (QED) is 0.692. The Hall–Kier alpha value is -1.14. The highest BCUT2D eigenvalue weighted by atomic mass is 16.3. The van der Waals surface area contributed by atoms with Crippen molar-refractivity contribution < 1.29 is 14.7 Å². The molecule has 2 heterocycles. The molecule has 108 valence electrons. The second-order valence-electron chi connectivity index (χ2n) is 5.45. The van der Waals surface area contributed by atoms with E-state index >= 15 is 0 Å². The molecule has 1 unspecified atom stereocenters. The monoisotopic (exact) mass is 269 g/mol. The van der Waals surface area contributed by atoms with Crippen LogP contribution in [0.5, 0.6) is 0 Å². The number of aliphatic hydroxyl groups is 1. The molecule has 2 N–H and O–H groups in total. The van der Waals surface area contributed by atoms with E-state index in [2.05, 4.69) is 5.32 Å². The molecule has 0 aromatic carbocycles. The topological polar surface area (TPSA) is 72.9 Å². The summed E-state index contributed by atoms with van der Waals surface area (Å²) in [6, 6.07) is 0. The predicted molar refractivity (Wildman–Crippen MR) is 70.4 cm³/mol. The first-order valence-corrected chi connectivity index (χ1v) is 7.02. The van der Waals surface area contributed by atoms with Gasteiger partial charge >= 0.3 is 0 Å². The summed E-state index contributed by atoms with van der Waals surface area (Å²) in [5.41, 5.74) is 0. The molecule has 2 aliphatic heterocycles. The fraction of sp³-hybridized carbons (Fsp3) is 0.846. The Bertz CT molecular complexity index is 338. The molecule has 2 amide bonds. The maximum atomic E-state index is 12.1. The van der Waals surface area contributed by atoms with Crippen LogP contribution in [0.4, 0.5) is 0 Å². The van der Waals surface area contributed by atoms with Crippen molar-refractivity contribution in [3.8, 4) is 0 Å². The van der Waals surface area contributed by atoms with Crippen molar-refractivity contribution in [2.45, 2.75) is 25.9 Å². The number of carbonyl (C=O) groups is 2. The summed E-state index contributed by atoms with van der Waals surface area (Å²) in [7, 11) is 0. The standard InChI is InChI=1S/C13H23N3O3/c1-10(17)11-2-5-15(6-3-11)13(19)9-16-7-4-14-8-12(16)18/h10-11,14,17H,2-9H2,1H3. The molecule has 2 rings (SSSR count). The molecule has 0 aromatic heterocycles. The molecule has 2 aliphatic rings. The molecular formula is C13H23N3O3. The summed E-state index contributed by atoms with van der Waals surface area (Å²) in [6.07, 6.45) is 1.39. The normalized spacial score (nSPS) is 23.6. The number of nitrogens with one attached hydrogen (secondary N) is 1. The largest absolute Gasteiger partial charge is 0.393 e. The Morgan fingerprint density at radius 1 is 1.42 bits per heavy atom. The zero-order chi connectivity index (χ0) is 13.8. The maximum Gasteiger partial charge on any atom is 0.242 e. The van der Waals surface area contributed by atoms with Crippen molar-refractivity contribution in [1.82, 2.24) is 15.1 Å². The molecule has 2 fully saturated rings. The van der Waals surface area contributed by atoms with E-state index in [-0.39, 0.29) is 24.5 Å². The molecule has 2 saturated heterocycles. The van der Waals surface area contributed by atoms with Crippen LogP contribution < -0.4 is 5.32 Å². The highest BCUT2D eigenvalue weighted by molar-refractivity contribution is 5.86. The number of likely N-dealkylation sites (tertiary alicyclic amines) is 1. The average Bonchev–Trinajstić information content (AvgIpc) is 2.41. The number of amides is 2. The zero-order valence-corrected chi connectivity index (χ0v) is 11.5. The second kappa shape index (κ2) is 6.34. The third-order valence-electron chi connectivity index (χ3n) is 4.09. The van der Waals surface area contributed by atoms with E-state index in [0.29, 0.717) is 32.1 Å². The lowest BCUT2D eigenvalue weighted by Crippen LogP contribution is -2.52. The van der Waals surface area contributed by atoms with E-state index in [1.54, 1.807) is 4.90 Å². The van der Waals surface area contributed by atoms with Gasteiger partial charge in [0.05, 0.1) is 19.2 Å². The third kappa shape index (κ3) is 3.67. The van der Waals surface area contributed by atoms with Gasteiger partial charge in [0.25, 0.3) is 0 Å². The van der Waals surface area contributed by atoms with Crippen LogP contribution in [0.1, 0.15) is 19.8 Å². The number of hydrogen-bond acceptors (Lipinski definition) is 4. The second-order valence-corrected chi connectivity index (χ2v) is 5.45. The number of nitrogens with zero attached hydrogens (tertiary/aromatic N) is 2. The Labute approximate surface area is 113 Å². The number of aliphatic hydroxyl groups excluding tert-OH is 1. The zero-order valence-electron chi connectivity index (χ0n) is 11.5. The molecule has 0 spiro atoms. The Kier molecular flexibility index (Phi) is 4.76. The number of hydrogen-bond donors (Lipinski definition) is 2. The lowest BCUT2D eigenvalue weighted by Gasteiger charge is -2.35. The van der Waals surface area contributed by atoms with Crippen molar-refractivity contribution in [3.05, 3.63) is 0 Å². The molecule has 6 nitrogen and oxygen atoms in total. The maximum absolute atomic E-state index is 12.1. The van der Waals surface area contributed by atoms with Crippen LogP contribution in [0.25, 0.3) is 0 Å². The fourth-order valence-electron chi connectivity index (χ4n) is 2.71. The van der Waals surface area contributed by atoms with Crippen LogP contribution in [-0.2, 0) is 9.59 Å². The van der Waals surface area contributed by atoms with Gasteiger partial charge in [0.15, 0.2) is 0 Å². The van der Waals surface area contributed by atoms with E-state index in [1.165, 1.54) is 0 Å². The molecule has 0 radical (unpaired) electrons. The van der Waals surface area contributed by atoms with E-state index in [1.807, 2.05) is 11.8 Å². The first-order valence-electron chi connectivity index (χ1n) is 7.02. The van der Waals surface area contributed by atoms with Gasteiger partial charge in [0.1, 0.15) is 0 Å². The molecule has 19 heavy (non-hydrogen) atoms. The van der Waals surface area contributed by atoms with Crippen LogP contribution in [0, 0.1) is 5.92 Å². The fourth-order valence-corrected chi connectivity index (χ4v) is 2.71. The number of piperidine rings is 1. The lowest BCUT2D eigenvalue weighted by molar-refractivity contribution is -0.142. The smallest absolute Gasteiger partial charge is 0.242 e. The van der Waals surface area contributed by atoms with Gasteiger partial charge in [-0.3, -0.25) is 9.59 Å². The first kappa shape index (κ1) is 14.3. The van der Waals surface area contributed by atoms with Crippen molar-refractivity contribution >= 4 is 11.8 Å². The van der Waals surface area contributed by atoms with E-state index < -0.39 is 0 Å². The minimum absolute atomic E-state index is 0.00142. The number of rotatable bonds is 3.